The molecule has 0 atom stereocenters. The van der Waals surface area contributed by atoms with E-state index >= 15 is 0 Å². The fourth-order valence-electron chi connectivity index (χ4n) is 0.356. The van der Waals surface area contributed by atoms with E-state index in [4.69, 9.17) is 0 Å². The monoisotopic (exact) mass is 277 g/mol. The molecular formula is C4F10K. The third kappa shape index (κ3) is 3.20. The Morgan fingerprint density at radius 3 is 0.600 bits per heavy atom. The maximum Gasteiger partial charge on any atom is 0.460 e. The smallest absolute Gasteiger partial charge is 0.189 e. The predicted octanol–water partition coefficient (Wildman–Crippen LogP) is 3.00. The van der Waals surface area contributed by atoms with Gasteiger partial charge in [0.1, 0.15) is 0 Å². The zero-order valence-corrected chi connectivity index (χ0v) is 9.90. The molecule has 87 valence electrons. The number of alkyl halides is 10. The van der Waals surface area contributed by atoms with E-state index in [2.05, 4.69) is 0 Å². The number of rotatable bonds is 1. The van der Waals surface area contributed by atoms with Gasteiger partial charge in [0, 0.05) is 51.4 Å². The van der Waals surface area contributed by atoms with Crippen molar-refractivity contribution < 1.29 is 43.9 Å². The van der Waals surface area contributed by atoms with Crippen LogP contribution in [0.2, 0.25) is 0 Å². The molecular weight excluding hydrogens is 277 g/mol. The van der Waals surface area contributed by atoms with Crippen LogP contribution in [0.3, 0.4) is 0 Å². The van der Waals surface area contributed by atoms with Crippen molar-refractivity contribution in [1.82, 2.24) is 0 Å². The molecule has 0 aromatic heterocycles. The maximum atomic E-state index is 11.6. The average molecular weight is 277 g/mol. The molecule has 1 radical (unpaired) electrons. The van der Waals surface area contributed by atoms with E-state index in [0.717, 1.165) is 0 Å². The van der Waals surface area contributed by atoms with E-state index in [1.54, 1.807) is 0 Å². The average Bonchev–Trinajstić information content (AvgIpc) is 1.81. The minimum Gasteiger partial charge on any atom is -0.189 e. The van der Waals surface area contributed by atoms with Crippen LogP contribution in [0, 0.1) is 0 Å². The zero-order chi connectivity index (χ0) is 12.0. The number of hydrogen-bond acceptors (Lipinski definition) is 0. The quantitative estimate of drug-likeness (QED) is 0.510. The second-order valence-corrected chi connectivity index (χ2v) is 2.14. The SMILES string of the molecule is FC(F)(F)C(F)(F)C(F)(F)C(F)(F)F.[K]. The summed E-state index contributed by atoms with van der Waals surface area (Å²) in [5.74, 6) is -14.3. The summed E-state index contributed by atoms with van der Waals surface area (Å²) in [5, 5.41) is 0. The van der Waals surface area contributed by atoms with Gasteiger partial charge in [0.25, 0.3) is 0 Å². The molecule has 0 fully saturated rings. The van der Waals surface area contributed by atoms with Gasteiger partial charge in [-0.25, -0.2) is 0 Å². The minimum atomic E-state index is -7.14. The predicted molar refractivity (Wildman–Crippen MR) is 27.8 cm³/mol. The standard InChI is InChI=1S/C4F10.K/c5-1(6,3(9,10)11)2(7,8)4(12,13)14;. The van der Waals surface area contributed by atoms with E-state index in [1.807, 2.05) is 0 Å². The summed E-state index contributed by atoms with van der Waals surface area (Å²) in [6.07, 6.45) is -13.9. The second kappa shape index (κ2) is 4.67. The van der Waals surface area contributed by atoms with E-state index in [1.165, 1.54) is 0 Å². The largest absolute Gasteiger partial charge is 0.460 e. The van der Waals surface area contributed by atoms with Crippen LogP contribution in [-0.4, -0.2) is 75.6 Å². The zero-order valence-electron chi connectivity index (χ0n) is 6.78. The first-order valence-electron chi connectivity index (χ1n) is 2.64. The molecule has 15 heavy (non-hydrogen) atoms. The van der Waals surface area contributed by atoms with Crippen molar-refractivity contribution in [1.29, 1.82) is 0 Å². The van der Waals surface area contributed by atoms with Gasteiger partial charge in [-0.1, -0.05) is 0 Å². The van der Waals surface area contributed by atoms with Crippen LogP contribution >= 0.6 is 0 Å². The fraction of sp³-hybridized carbons (Fsp3) is 1.00. The van der Waals surface area contributed by atoms with Gasteiger partial charge in [-0.05, 0) is 0 Å². The number of halogens is 10. The van der Waals surface area contributed by atoms with Crippen molar-refractivity contribution in [3.63, 3.8) is 0 Å². The molecule has 0 saturated carbocycles. The molecule has 0 nitrogen and oxygen atoms in total. The summed E-state index contributed by atoms with van der Waals surface area (Å²) >= 11 is 0. The molecule has 0 rings (SSSR count). The van der Waals surface area contributed by atoms with Gasteiger partial charge in [0.2, 0.25) is 0 Å². The van der Waals surface area contributed by atoms with Gasteiger partial charge in [-0.15, -0.1) is 0 Å². The summed E-state index contributed by atoms with van der Waals surface area (Å²) in [6, 6.07) is 0. The molecule has 0 saturated heterocycles. The van der Waals surface area contributed by atoms with E-state index in [-0.39, 0.29) is 51.4 Å². The Hall–Kier alpha value is 0.936. The first kappa shape index (κ1) is 18.3. The topological polar surface area (TPSA) is 0 Å². The number of hydrogen-bond donors (Lipinski definition) is 0. The molecule has 11 heteroatoms. The Labute approximate surface area is 118 Å². The molecule has 0 N–H and O–H groups in total. The molecule has 0 aliphatic rings. The van der Waals surface area contributed by atoms with Gasteiger partial charge in [-0.3, -0.25) is 0 Å². The summed E-state index contributed by atoms with van der Waals surface area (Å²) in [7, 11) is 0. The Bertz CT molecular complexity index is 186. The molecule has 0 unspecified atom stereocenters. The van der Waals surface area contributed by atoms with Crippen LogP contribution in [-0.2, 0) is 0 Å². The summed E-state index contributed by atoms with van der Waals surface area (Å²) in [4.78, 5) is 0. The Morgan fingerprint density at radius 2 is 0.533 bits per heavy atom. The van der Waals surface area contributed by atoms with Gasteiger partial charge in [0.15, 0.2) is 0 Å². The van der Waals surface area contributed by atoms with Crippen molar-refractivity contribution in [2.45, 2.75) is 24.2 Å². The second-order valence-electron chi connectivity index (χ2n) is 2.14. The first-order chi connectivity index (χ1) is 5.75. The molecule has 0 aromatic rings. The van der Waals surface area contributed by atoms with Gasteiger partial charge in [-0.2, -0.15) is 43.9 Å². The van der Waals surface area contributed by atoms with Crippen molar-refractivity contribution in [3.8, 4) is 0 Å². The van der Waals surface area contributed by atoms with E-state index < -0.39 is 24.2 Å². The summed E-state index contributed by atoms with van der Waals surface area (Å²) in [5.41, 5.74) is 0. The first-order valence-corrected chi connectivity index (χ1v) is 2.64. The Kier molecular flexibility index (Phi) is 5.69. The maximum absolute atomic E-state index is 11.6. The molecule has 0 aromatic carbocycles. The van der Waals surface area contributed by atoms with Crippen LogP contribution < -0.4 is 0 Å². The van der Waals surface area contributed by atoms with E-state index in [9.17, 15) is 43.9 Å². The van der Waals surface area contributed by atoms with Crippen LogP contribution in [0.5, 0.6) is 0 Å². The molecule has 0 heterocycles. The van der Waals surface area contributed by atoms with E-state index in [0.29, 0.717) is 0 Å². The third-order valence-corrected chi connectivity index (χ3v) is 1.11. The molecule has 0 aliphatic carbocycles. The summed E-state index contributed by atoms with van der Waals surface area (Å²) < 4.78 is 113. The fourth-order valence-corrected chi connectivity index (χ4v) is 0.356. The van der Waals surface area contributed by atoms with Crippen LogP contribution in [0.4, 0.5) is 43.9 Å². The van der Waals surface area contributed by atoms with Gasteiger partial charge < -0.3 is 0 Å². The molecule has 0 bridgehead atoms. The van der Waals surface area contributed by atoms with Gasteiger partial charge in [0.05, 0.1) is 0 Å². The summed E-state index contributed by atoms with van der Waals surface area (Å²) in [6.45, 7) is 0. The third-order valence-electron chi connectivity index (χ3n) is 1.11. The van der Waals surface area contributed by atoms with Crippen molar-refractivity contribution in [3.05, 3.63) is 0 Å². The van der Waals surface area contributed by atoms with Crippen molar-refractivity contribution in [2.75, 3.05) is 0 Å². The molecule has 0 spiro atoms. The molecule has 0 aliphatic heterocycles. The Morgan fingerprint density at radius 1 is 0.400 bits per heavy atom. The van der Waals surface area contributed by atoms with Crippen molar-refractivity contribution >= 4 is 51.4 Å². The minimum absolute atomic E-state index is 0. The van der Waals surface area contributed by atoms with Crippen LogP contribution in [0.25, 0.3) is 0 Å². The van der Waals surface area contributed by atoms with Crippen LogP contribution in [0.15, 0.2) is 0 Å². The van der Waals surface area contributed by atoms with Crippen LogP contribution in [0.1, 0.15) is 0 Å². The normalized spacial score (nSPS) is 14.8. The van der Waals surface area contributed by atoms with Crippen molar-refractivity contribution in [2.24, 2.45) is 0 Å². The van der Waals surface area contributed by atoms with Gasteiger partial charge >= 0.3 is 24.2 Å². The molecule has 0 amide bonds. The Balaban J connectivity index is 0.